The van der Waals surface area contributed by atoms with Gasteiger partial charge in [-0.3, -0.25) is 4.79 Å². The SMILES string of the molecule is COC(=O)[C@@H](N)CSCC#N. The number of ether oxygens (including phenoxy) is 1. The van der Waals surface area contributed by atoms with Crippen molar-refractivity contribution in [2.45, 2.75) is 6.04 Å². The van der Waals surface area contributed by atoms with Gasteiger partial charge in [-0.05, 0) is 0 Å². The molecular formula is C6H10N2O2S. The second kappa shape index (κ2) is 6.01. The van der Waals surface area contributed by atoms with Gasteiger partial charge < -0.3 is 10.5 Å². The largest absolute Gasteiger partial charge is 0.468 e. The van der Waals surface area contributed by atoms with Crippen molar-refractivity contribution < 1.29 is 9.53 Å². The van der Waals surface area contributed by atoms with Gasteiger partial charge in [0.25, 0.3) is 0 Å². The summed E-state index contributed by atoms with van der Waals surface area (Å²) in [7, 11) is 1.29. The van der Waals surface area contributed by atoms with E-state index in [1.807, 2.05) is 6.07 Å². The molecule has 4 nitrogen and oxygen atoms in total. The van der Waals surface area contributed by atoms with E-state index in [4.69, 9.17) is 11.0 Å². The topological polar surface area (TPSA) is 76.1 Å². The van der Waals surface area contributed by atoms with Gasteiger partial charge in [0.1, 0.15) is 6.04 Å². The summed E-state index contributed by atoms with van der Waals surface area (Å²) >= 11 is 1.32. The number of nitrogens with two attached hydrogens (primary N) is 1. The van der Waals surface area contributed by atoms with E-state index in [0.717, 1.165) is 0 Å². The number of methoxy groups -OCH3 is 1. The van der Waals surface area contributed by atoms with E-state index < -0.39 is 12.0 Å². The molecule has 0 unspecified atom stereocenters. The molecule has 0 heterocycles. The molecule has 0 aliphatic rings. The molecule has 11 heavy (non-hydrogen) atoms. The van der Waals surface area contributed by atoms with Crippen LogP contribution in [-0.2, 0) is 9.53 Å². The molecule has 0 fully saturated rings. The lowest BCUT2D eigenvalue weighted by Crippen LogP contribution is -2.33. The fourth-order valence-corrected chi connectivity index (χ4v) is 1.05. The quantitative estimate of drug-likeness (QED) is 0.469. The Morgan fingerprint density at radius 3 is 3.00 bits per heavy atom. The van der Waals surface area contributed by atoms with Crippen LogP contribution in [0.4, 0.5) is 0 Å². The molecule has 5 heteroatoms. The summed E-state index contributed by atoms with van der Waals surface area (Å²) in [5, 5.41) is 8.15. The van der Waals surface area contributed by atoms with Crippen LogP contribution in [-0.4, -0.2) is 30.6 Å². The minimum Gasteiger partial charge on any atom is -0.468 e. The van der Waals surface area contributed by atoms with Crippen LogP contribution in [0.25, 0.3) is 0 Å². The van der Waals surface area contributed by atoms with E-state index >= 15 is 0 Å². The average molecular weight is 174 g/mol. The number of thioether (sulfide) groups is 1. The lowest BCUT2D eigenvalue weighted by atomic mass is 10.4. The van der Waals surface area contributed by atoms with Gasteiger partial charge in [-0.2, -0.15) is 5.26 Å². The van der Waals surface area contributed by atoms with E-state index in [0.29, 0.717) is 11.5 Å². The maximum atomic E-state index is 10.7. The Morgan fingerprint density at radius 2 is 2.55 bits per heavy atom. The minimum absolute atomic E-state index is 0.352. The van der Waals surface area contributed by atoms with Crippen molar-refractivity contribution >= 4 is 17.7 Å². The van der Waals surface area contributed by atoms with Crippen LogP contribution in [0.15, 0.2) is 0 Å². The molecule has 0 saturated heterocycles. The molecule has 0 aliphatic carbocycles. The molecule has 0 spiro atoms. The van der Waals surface area contributed by atoms with Crippen molar-refractivity contribution in [2.75, 3.05) is 18.6 Å². The molecule has 0 aromatic heterocycles. The first-order valence-corrected chi connectivity index (χ1v) is 4.16. The van der Waals surface area contributed by atoms with Crippen LogP contribution in [0, 0.1) is 11.3 Å². The fourth-order valence-electron chi connectivity index (χ4n) is 0.451. The maximum absolute atomic E-state index is 10.7. The maximum Gasteiger partial charge on any atom is 0.323 e. The lowest BCUT2D eigenvalue weighted by molar-refractivity contribution is -0.141. The third-order valence-corrected chi connectivity index (χ3v) is 1.90. The Morgan fingerprint density at radius 1 is 1.91 bits per heavy atom. The molecule has 0 radical (unpaired) electrons. The Hall–Kier alpha value is -0.730. The van der Waals surface area contributed by atoms with Crippen molar-refractivity contribution in [1.82, 2.24) is 0 Å². The van der Waals surface area contributed by atoms with Crippen molar-refractivity contribution in [3.63, 3.8) is 0 Å². The Balaban J connectivity index is 3.45. The predicted octanol–water partition coefficient (Wildman–Crippen LogP) is -0.257. The standard InChI is InChI=1S/C6H10N2O2S/c1-10-6(9)5(8)4-11-3-2-7/h5H,3-4,8H2,1H3/t5-/m0/s1. The Labute approximate surface area is 69.7 Å². The van der Waals surface area contributed by atoms with E-state index in [9.17, 15) is 4.79 Å². The van der Waals surface area contributed by atoms with Gasteiger partial charge in [-0.15, -0.1) is 11.8 Å². The zero-order chi connectivity index (χ0) is 8.69. The number of nitriles is 1. The number of nitrogens with zero attached hydrogens (tertiary/aromatic N) is 1. The van der Waals surface area contributed by atoms with Gasteiger partial charge in [0.2, 0.25) is 0 Å². The highest BCUT2D eigenvalue weighted by Gasteiger charge is 2.12. The molecule has 62 valence electrons. The van der Waals surface area contributed by atoms with Crippen molar-refractivity contribution in [1.29, 1.82) is 5.26 Å². The van der Waals surface area contributed by atoms with Gasteiger partial charge in [-0.1, -0.05) is 0 Å². The van der Waals surface area contributed by atoms with Crippen LogP contribution < -0.4 is 5.73 Å². The monoisotopic (exact) mass is 174 g/mol. The molecule has 0 aromatic carbocycles. The van der Waals surface area contributed by atoms with Gasteiger partial charge >= 0.3 is 5.97 Å². The van der Waals surface area contributed by atoms with Gasteiger partial charge in [0, 0.05) is 5.75 Å². The van der Waals surface area contributed by atoms with Crippen molar-refractivity contribution in [2.24, 2.45) is 5.73 Å². The molecule has 0 aromatic rings. The van der Waals surface area contributed by atoms with Crippen molar-refractivity contribution in [3.8, 4) is 6.07 Å². The number of rotatable bonds is 4. The summed E-state index contributed by atoms with van der Waals surface area (Å²) in [4.78, 5) is 10.7. The smallest absolute Gasteiger partial charge is 0.323 e. The van der Waals surface area contributed by atoms with Gasteiger partial charge in [0.15, 0.2) is 0 Å². The van der Waals surface area contributed by atoms with Crippen LogP contribution in [0.1, 0.15) is 0 Å². The summed E-state index contributed by atoms with van der Waals surface area (Å²) in [5.74, 6) is 0.348. The minimum atomic E-state index is -0.613. The Kier molecular flexibility index (Phi) is 5.61. The third-order valence-electron chi connectivity index (χ3n) is 0.968. The predicted molar refractivity (Wildman–Crippen MR) is 42.9 cm³/mol. The van der Waals surface area contributed by atoms with Gasteiger partial charge in [0.05, 0.1) is 18.9 Å². The molecule has 0 aliphatic heterocycles. The zero-order valence-electron chi connectivity index (χ0n) is 6.24. The first-order chi connectivity index (χ1) is 5.22. The number of hydrogen-bond donors (Lipinski definition) is 1. The number of esters is 1. The summed E-state index contributed by atoms with van der Waals surface area (Å²) in [6.45, 7) is 0. The van der Waals surface area contributed by atoms with Crippen LogP contribution >= 0.6 is 11.8 Å². The zero-order valence-corrected chi connectivity index (χ0v) is 7.06. The van der Waals surface area contributed by atoms with Crippen LogP contribution in [0.5, 0.6) is 0 Å². The van der Waals surface area contributed by atoms with E-state index in [1.165, 1.54) is 18.9 Å². The summed E-state index contributed by atoms with van der Waals surface area (Å²) < 4.78 is 4.38. The number of carbonyl (C=O) groups is 1. The molecule has 0 saturated carbocycles. The van der Waals surface area contributed by atoms with Crippen LogP contribution in [0.2, 0.25) is 0 Å². The van der Waals surface area contributed by atoms with Gasteiger partial charge in [-0.25, -0.2) is 0 Å². The molecule has 0 rings (SSSR count). The first kappa shape index (κ1) is 10.3. The molecule has 0 amide bonds. The third kappa shape index (κ3) is 4.65. The lowest BCUT2D eigenvalue weighted by Gasteiger charge is -2.05. The number of carbonyl (C=O) groups excluding carboxylic acids is 1. The highest BCUT2D eigenvalue weighted by Crippen LogP contribution is 2.00. The summed E-state index contributed by atoms with van der Waals surface area (Å²) in [6, 6.07) is 1.32. The number of hydrogen-bond acceptors (Lipinski definition) is 5. The average Bonchev–Trinajstić information content (AvgIpc) is 2.03. The normalized spacial score (nSPS) is 11.7. The molecule has 0 bridgehead atoms. The van der Waals surface area contributed by atoms with E-state index in [2.05, 4.69) is 4.74 Å². The fraction of sp³-hybridized carbons (Fsp3) is 0.667. The second-order valence-corrected chi connectivity index (χ2v) is 2.83. The van der Waals surface area contributed by atoms with Crippen LogP contribution in [0.3, 0.4) is 0 Å². The second-order valence-electron chi connectivity index (χ2n) is 1.80. The molecular weight excluding hydrogens is 164 g/mol. The summed E-state index contributed by atoms with van der Waals surface area (Å²) in [6.07, 6.45) is 0. The highest BCUT2D eigenvalue weighted by molar-refractivity contribution is 7.99. The van der Waals surface area contributed by atoms with Crippen molar-refractivity contribution in [3.05, 3.63) is 0 Å². The van der Waals surface area contributed by atoms with E-state index in [-0.39, 0.29) is 0 Å². The summed E-state index contributed by atoms with van der Waals surface area (Å²) in [5.41, 5.74) is 5.36. The molecule has 1 atom stereocenters. The first-order valence-electron chi connectivity index (χ1n) is 3.00. The molecule has 2 N–H and O–H groups in total. The highest BCUT2D eigenvalue weighted by atomic mass is 32.2. The Bertz CT molecular complexity index is 166. The van der Waals surface area contributed by atoms with E-state index in [1.54, 1.807) is 0 Å².